The third-order valence-electron chi connectivity index (χ3n) is 3.17. The van der Waals surface area contributed by atoms with E-state index in [4.69, 9.17) is 5.11 Å². The van der Waals surface area contributed by atoms with Crippen LogP contribution in [0.1, 0.15) is 11.1 Å². The van der Waals surface area contributed by atoms with Gasteiger partial charge in [-0.15, -0.1) is 0 Å². The summed E-state index contributed by atoms with van der Waals surface area (Å²) in [6.07, 6.45) is -4.52. The largest absolute Gasteiger partial charge is 0.502 e. The SMILES string of the molecule is Cc1cccc(O)c1[N+](=O)[O-].Cc1cccc(OCC(F)(F)F)c1[N+](=O)[O-]. The number of alkyl halides is 3. The quantitative estimate of drug-likeness (QED) is 0.611. The van der Waals surface area contributed by atoms with Crippen LogP contribution >= 0.6 is 0 Å². The third kappa shape index (κ3) is 6.45. The standard InChI is InChI=1S/C9H8F3NO3.C7H7NO3/c1-6-3-2-4-7(8(6)13(14)15)16-5-9(10,11)12;1-5-3-2-4-6(9)7(5)8(10)11/h2-4H,5H2,1H3;2-4,9H,1H3. The maximum atomic E-state index is 11.9. The number of halogens is 3. The number of nitrogens with zero attached hydrogens (tertiary/aromatic N) is 2. The van der Waals surface area contributed by atoms with Crippen molar-refractivity contribution in [1.29, 1.82) is 0 Å². The van der Waals surface area contributed by atoms with Crippen molar-refractivity contribution in [3.8, 4) is 11.5 Å². The van der Waals surface area contributed by atoms with Crippen LogP contribution in [0.5, 0.6) is 11.5 Å². The molecule has 27 heavy (non-hydrogen) atoms. The lowest BCUT2D eigenvalue weighted by Crippen LogP contribution is -2.19. The molecule has 0 spiro atoms. The highest BCUT2D eigenvalue weighted by molar-refractivity contribution is 5.52. The summed E-state index contributed by atoms with van der Waals surface area (Å²) in [4.78, 5) is 19.5. The van der Waals surface area contributed by atoms with Gasteiger partial charge in [0.25, 0.3) is 0 Å². The minimum absolute atomic E-state index is 0.215. The Morgan fingerprint density at radius 3 is 1.85 bits per heavy atom. The summed E-state index contributed by atoms with van der Waals surface area (Å²) in [5.74, 6) is -0.655. The van der Waals surface area contributed by atoms with Crippen LogP contribution < -0.4 is 4.74 Å². The first-order valence-electron chi connectivity index (χ1n) is 7.30. The number of rotatable bonds is 4. The van der Waals surface area contributed by atoms with Crippen molar-refractivity contribution in [2.45, 2.75) is 20.0 Å². The average Bonchev–Trinajstić information content (AvgIpc) is 2.52. The van der Waals surface area contributed by atoms with Gasteiger partial charge in [-0.2, -0.15) is 13.2 Å². The molecule has 0 aliphatic carbocycles. The Balaban J connectivity index is 0.000000289. The highest BCUT2D eigenvalue weighted by atomic mass is 19.4. The van der Waals surface area contributed by atoms with E-state index >= 15 is 0 Å². The van der Waals surface area contributed by atoms with E-state index in [2.05, 4.69) is 4.74 Å². The van der Waals surface area contributed by atoms with Gasteiger partial charge < -0.3 is 9.84 Å². The normalized spacial score (nSPS) is 10.6. The molecule has 1 N–H and O–H groups in total. The number of hydrogen-bond acceptors (Lipinski definition) is 6. The number of phenolic OH excluding ortho intramolecular Hbond substituents is 1. The fraction of sp³-hybridized carbons (Fsp3) is 0.250. The third-order valence-corrected chi connectivity index (χ3v) is 3.17. The van der Waals surface area contributed by atoms with Crippen LogP contribution in [0.3, 0.4) is 0 Å². The van der Waals surface area contributed by atoms with Gasteiger partial charge in [0, 0.05) is 11.1 Å². The topological polar surface area (TPSA) is 116 Å². The molecule has 0 unspecified atom stereocenters. The van der Waals surface area contributed by atoms with E-state index in [1.54, 1.807) is 19.1 Å². The molecule has 0 aliphatic rings. The second-order valence-electron chi connectivity index (χ2n) is 5.28. The van der Waals surface area contributed by atoms with Crippen molar-refractivity contribution in [2.24, 2.45) is 0 Å². The van der Waals surface area contributed by atoms with Crippen LogP contribution in [-0.4, -0.2) is 27.7 Å². The first kappa shape index (κ1) is 21.7. The molecular formula is C16H15F3N2O6. The molecule has 0 aliphatic heterocycles. The number of nitro groups is 2. The molecule has 2 rings (SSSR count). The van der Waals surface area contributed by atoms with Crippen molar-refractivity contribution >= 4 is 11.4 Å². The molecule has 0 saturated carbocycles. The molecule has 0 heterocycles. The lowest BCUT2D eigenvalue weighted by Gasteiger charge is -2.09. The van der Waals surface area contributed by atoms with E-state index in [0.29, 0.717) is 5.56 Å². The van der Waals surface area contributed by atoms with Gasteiger partial charge in [0.05, 0.1) is 9.85 Å². The van der Waals surface area contributed by atoms with Crippen LogP contribution in [0.25, 0.3) is 0 Å². The van der Waals surface area contributed by atoms with Gasteiger partial charge in [-0.1, -0.05) is 24.3 Å². The van der Waals surface area contributed by atoms with E-state index in [1.165, 1.54) is 25.1 Å². The zero-order valence-electron chi connectivity index (χ0n) is 14.2. The van der Waals surface area contributed by atoms with Crippen molar-refractivity contribution in [3.05, 3.63) is 67.8 Å². The summed E-state index contributed by atoms with van der Waals surface area (Å²) in [5, 5.41) is 29.9. The molecule has 11 heteroatoms. The average molecular weight is 388 g/mol. The van der Waals surface area contributed by atoms with E-state index < -0.39 is 28.3 Å². The molecular weight excluding hydrogens is 373 g/mol. The van der Waals surface area contributed by atoms with E-state index in [0.717, 1.165) is 6.07 Å². The Labute approximate surface area is 151 Å². The molecule has 0 amide bonds. The lowest BCUT2D eigenvalue weighted by molar-refractivity contribution is -0.386. The second-order valence-corrected chi connectivity index (χ2v) is 5.28. The molecule has 2 aromatic rings. The first-order valence-corrected chi connectivity index (χ1v) is 7.30. The molecule has 8 nitrogen and oxygen atoms in total. The van der Waals surface area contributed by atoms with E-state index in [-0.39, 0.29) is 22.7 Å². The smallest absolute Gasteiger partial charge is 0.422 e. The Morgan fingerprint density at radius 2 is 1.44 bits per heavy atom. The predicted molar refractivity (Wildman–Crippen MR) is 88.9 cm³/mol. The molecule has 0 atom stereocenters. The van der Waals surface area contributed by atoms with Gasteiger partial charge >= 0.3 is 17.6 Å². The number of ether oxygens (including phenoxy) is 1. The minimum atomic E-state index is -4.52. The summed E-state index contributed by atoms with van der Waals surface area (Å²) >= 11 is 0. The maximum Gasteiger partial charge on any atom is 0.422 e. The molecule has 146 valence electrons. The van der Waals surface area contributed by atoms with Gasteiger partial charge in [0.2, 0.25) is 0 Å². The summed E-state index contributed by atoms with van der Waals surface area (Å²) < 4.78 is 40.0. The monoisotopic (exact) mass is 388 g/mol. The lowest BCUT2D eigenvalue weighted by atomic mass is 10.2. The van der Waals surface area contributed by atoms with Crippen LogP contribution in [0, 0.1) is 34.1 Å². The second kappa shape index (κ2) is 8.83. The Morgan fingerprint density at radius 1 is 0.963 bits per heavy atom. The highest BCUT2D eigenvalue weighted by Gasteiger charge is 2.30. The van der Waals surface area contributed by atoms with Crippen molar-refractivity contribution in [2.75, 3.05) is 6.61 Å². The molecule has 0 saturated heterocycles. The summed E-state index contributed by atoms with van der Waals surface area (Å²) in [6.45, 7) is 1.47. The van der Waals surface area contributed by atoms with Gasteiger partial charge in [0.15, 0.2) is 18.1 Å². The Bertz CT molecular complexity index is 819. The van der Waals surface area contributed by atoms with Crippen LogP contribution in [0.15, 0.2) is 36.4 Å². The van der Waals surface area contributed by atoms with Crippen molar-refractivity contribution in [1.82, 2.24) is 0 Å². The van der Waals surface area contributed by atoms with Gasteiger partial charge in [-0.25, -0.2) is 0 Å². The summed E-state index contributed by atoms with van der Waals surface area (Å²) in [7, 11) is 0. The number of aryl methyl sites for hydroxylation is 2. The minimum Gasteiger partial charge on any atom is -0.502 e. The number of nitro benzene ring substituents is 2. The van der Waals surface area contributed by atoms with E-state index in [9.17, 15) is 33.4 Å². The zero-order chi connectivity index (χ0) is 20.8. The zero-order valence-corrected chi connectivity index (χ0v) is 14.2. The van der Waals surface area contributed by atoms with Crippen LogP contribution in [0.4, 0.5) is 24.5 Å². The van der Waals surface area contributed by atoms with Crippen LogP contribution in [-0.2, 0) is 0 Å². The van der Waals surface area contributed by atoms with Crippen LogP contribution in [0.2, 0.25) is 0 Å². The van der Waals surface area contributed by atoms with Crippen molar-refractivity contribution in [3.63, 3.8) is 0 Å². The number of hydrogen-bond donors (Lipinski definition) is 1. The van der Waals surface area contributed by atoms with Gasteiger partial charge in [-0.3, -0.25) is 20.2 Å². The van der Waals surface area contributed by atoms with Gasteiger partial charge in [-0.05, 0) is 26.0 Å². The molecule has 0 fully saturated rings. The summed E-state index contributed by atoms with van der Waals surface area (Å²) in [6, 6.07) is 8.41. The number of phenols is 1. The Hall–Kier alpha value is -3.37. The maximum absolute atomic E-state index is 11.9. The highest BCUT2D eigenvalue weighted by Crippen LogP contribution is 2.31. The Kier molecular flexibility index (Phi) is 7.09. The number of benzene rings is 2. The molecule has 0 bridgehead atoms. The first-order chi connectivity index (χ1) is 12.4. The fourth-order valence-electron chi connectivity index (χ4n) is 2.02. The van der Waals surface area contributed by atoms with Gasteiger partial charge in [0.1, 0.15) is 0 Å². The fourth-order valence-corrected chi connectivity index (χ4v) is 2.02. The molecule has 2 aromatic carbocycles. The summed E-state index contributed by atoms with van der Waals surface area (Å²) in [5.41, 5.74) is 0.0684. The van der Waals surface area contributed by atoms with Crippen molar-refractivity contribution < 1.29 is 32.9 Å². The molecule has 0 radical (unpaired) electrons. The molecule has 0 aromatic heterocycles. The predicted octanol–water partition coefficient (Wildman–Crippen LogP) is 4.45. The number of aromatic hydroxyl groups is 1. The number of para-hydroxylation sites is 2. The van der Waals surface area contributed by atoms with E-state index in [1.807, 2.05) is 0 Å².